The summed E-state index contributed by atoms with van der Waals surface area (Å²) in [6.45, 7) is 8.14. The van der Waals surface area contributed by atoms with Gasteiger partial charge in [0.25, 0.3) is 6.29 Å². The second kappa shape index (κ2) is 6.87. The van der Waals surface area contributed by atoms with E-state index in [0.717, 1.165) is 0 Å². The summed E-state index contributed by atoms with van der Waals surface area (Å²) in [6, 6.07) is 0. The molecule has 0 amide bonds. The van der Waals surface area contributed by atoms with E-state index in [4.69, 9.17) is 14.2 Å². The van der Waals surface area contributed by atoms with Crippen molar-refractivity contribution in [2.75, 3.05) is 0 Å². The zero-order valence-electron chi connectivity index (χ0n) is 10.3. The third-order valence-corrected chi connectivity index (χ3v) is 1.69. The van der Waals surface area contributed by atoms with Crippen LogP contribution in [0.4, 0.5) is 4.79 Å². The summed E-state index contributed by atoms with van der Waals surface area (Å²) < 4.78 is 14.4. The van der Waals surface area contributed by atoms with Crippen LogP contribution in [-0.2, 0) is 19.0 Å². The predicted molar refractivity (Wildman–Crippen MR) is 57.4 cm³/mol. The molecule has 0 rings (SSSR count). The van der Waals surface area contributed by atoms with E-state index >= 15 is 0 Å². The van der Waals surface area contributed by atoms with Crippen molar-refractivity contribution in [3.8, 4) is 0 Å². The molecule has 1 unspecified atom stereocenters. The summed E-state index contributed by atoms with van der Waals surface area (Å²) in [5.74, 6) is -0.216. The van der Waals surface area contributed by atoms with E-state index in [2.05, 4.69) is 0 Å². The maximum Gasteiger partial charge on any atom is 0.516 e. The van der Waals surface area contributed by atoms with E-state index < -0.39 is 18.4 Å². The summed E-state index contributed by atoms with van der Waals surface area (Å²) >= 11 is 0. The van der Waals surface area contributed by atoms with Crippen molar-refractivity contribution in [1.29, 1.82) is 0 Å². The molecule has 0 bridgehead atoms. The molecule has 0 N–H and O–H groups in total. The van der Waals surface area contributed by atoms with Crippen LogP contribution < -0.4 is 0 Å². The molecule has 0 fully saturated rings. The van der Waals surface area contributed by atoms with Gasteiger partial charge in [0.2, 0.25) is 0 Å². The molecule has 0 aromatic carbocycles. The first-order valence-corrected chi connectivity index (χ1v) is 5.05. The second-order valence-corrected chi connectivity index (χ2v) is 3.59. The number of hydrogen-bond donors (Lipinski definition) is 0. The molecule has 0 saturated carbocycles. The van der Waals surface area contributed by atoms with Crippen molar-refractivity contribution in [1.82, 2.24) is 0 Å². The van der Waals surface area contributed by atoms with Gasteiger partial charge in [0.05, 0.1) is 0 Å². The van der Waals surface area contributed by atoms with Crippen molar-refractivity contribution >= 4 is 12.1 Å². The van der Waals surface area contributed by atoms with Crippen molar-refractivity contribution in [2.45, 2.75) is 40.9 Å². The fraction of sp³-hybridized carbons (Fsp3) is 0.636. The second-order valence-electron chi connectivity index (χ2n) is 3.59. The first-order chi connectivity index (χ1) is 7.36. The van der Waals surface area contributed by atoms with Gasteiger partial charge in [0, 0.05) is 12.8 Å². The molecular weight excluding hydrogens is 212 g/mol. The molecule has 0 heterocycles. The Hall–Kier alpha value is -1.52. The topological polar surface area (TPSA) is 61.8 Å². The average Bonchev–Trinajstić information content (AvgIpc) is 2.15. The molecule has 16 heavy (non-hydrogen) atoms. The van der Waals surface area contributed by atoms with Gasteiger partial charge in [0.1, 0.15) is 5.76 Å². The number of ether oxygens (including phenoxy) is 3. The van der Waals surface area contributed by atoms with Crippen LogP contribution in [0, 0.1) is 5.92 Å². The highest BCUT2D eigenvalue weighted by Gasteiger charge is 2.22. The maximum absolute atomic E-state index is 11.2. The lowest BCUT2D eigenvalue weighted by Crippen LogP contribution is -2.28. The lowest BCUT2D eigenvalue weighted by molar-refractivity contribution is -0.175. The number of esters is 1. The first-order valence-electron chi connectivity index (χ1n) is 5.05. The molecule has 0 aliphatic heterocycles. The standard InChI is InChI=1S/C11H18O5/c1-6-8(4)14-11(13)16-10(7(2)3)15-9(5)12/h6-7,10H,1-5H3/b8-6-. The fourth-order valence-corrected chi connectivity index (χ4v) is 0.769. The Balaban J connectivity index is 4.29. The monoisotopic (exact) mass is 230 g/mol. The Labute approximate surface area is 95.4 Å². The summed E-state index contributed by atoms with van der Waals surface area (Å²) in [7, 11) is 0. The van der Waals surface area contributed by atoms with Gasteiger partial charge in [-0.2, -0.15) is 0 Å². The molecule has 0 saturated heterocycles. The van der Waals surface area contributed by atoms with E-state index in [9.17, 15) is 9.59 Å². The molecular formula is C11H18O5. The third-order valence-electron chi connectivity index (χ3n) is 1.69. The minimum atomic E-state index is -0.922. The number of carbonyl (C=O) groups excluding carboxylic acids is 2. The molecule has 0 aliphatic rings. The Morgan fingerprint density at radius 1 is 1.12 bits per heavy atom. The van der Waals surface area contributed by atoms with Gasteiger partial charge in [-0.3, -0.25) is 4.79 Å². The lowest BCUT2D eigenvalue weighted by atomic mass is 10.2. The van der Waals surface area contributed by atoms with Crippen LogP contribution >= 0.6 is 0 Å². The Bertz CT molecular complexity index is 280. The average molecular weight is 230 g/mol. The summed E-state index contributed by atoms with van der Waals surface area (Å²) in [5, 5.41) is 0. The van der Waals surface area contributed by atoms with E-state index in [-0.39, 0.29) is 5.92 Å². The predicted octanol–water partition coefficient (Wildman–Crippen LogP) is 2.61. The van der Waals surface area contributed by atoms with Crippen molar-refractivity contribution in [3.05, 3.63) is 11.8 Å². The number of rotatable bonds is 4. The van der Waals surface area contributed by atoms with Gasteiger partial charge >= 0.3 is 12.1 Å². The summed E-state index contributed by atoms with van der Waals surface area (Å²) in [4.78, 5) is 22.0. The quantitative estimate of drug-likeness (QED) is 0.422. The van der Waals surface area contributed by atoms with E-state index in [0.29, 0.717) is 5.76 Å². The Morgan fingerprint density at radius 3 is 2.06 bits per heavy atom. The molecule has 0 aliphatic carbocycles. The van der Waals surface area contributed by atoms with Crippen molar-refractivity contribution in [2.24, 2.45) is 5.92 Å². The molecule has 0 radical (unpaired) electrons. The van der Waals surface area contributed by atoms with Gasteiger partial charge in [-0.05, 0) is 19.9 Å². The van der Waals surface area contributed by atoms with Gasteiger partial charge < -0.3 is 14.2 Å². The Kier molecular flexibility index (Phi) is 6.22. The first kappa shape index (κ1) is 14.5. The van der Waals surface area contributed by atoms with Crippen molar-refractivity contribution < 1.29 is 23.8 Å². The zero-order valence-corrected chi connectivity index (χ0v) is 10.3. The van der Waals surface area contributed by atoms with E-state index in [1.807, 2.05) is 0 Å². The van der Waals surface area contributed by atoms with Crippen LogP contribution in [-0.4, -0.2) is 18.4 Å². The van der Waals surface area contributed by atoms with Gasteiger partial charge in [-0.15, -0.1) is 0 Å². The largest absolute Gasteiger partial charge is 0.516 e. The lowest BCUT2D eigenvalue weighted by Gasteiger charge is -2.20. The zero-order chi connectivity index (χ0) is 12.7. The van der Waals surface area contributed by atoms with Crippen LogP contribution in [0.5, 0.6) is 0 Å². The molecule has 0 aromatic rings. The van der Waals surface area contributed by atoms with Crippen LogP contribution in [0.1, 0.15) is 34.6 Å². The highest BCUT2D eigenvalue weighted by Crippen LogP contribution is 2.11. The van der Waals surface area contributed by atoms with Crippen LogP contribution in [0.3, 0.4) is 0 Å². The van der Waals surface area contributed by atoms with E-state index in [1.54, 1.807) is 33.8 Å². The molecule has 0 spiro atoms. The normalized spacial score (nSPS) is 13.2. The molecule has 5 nitrogen and oxygen atoms in total. The smallest absolute Gasteiger partial charge is 0.425 e. The maximum atomic E-state index is 11.2. The minimum Gasteiger partial charge on any atom is -0.425 e. The molecule has 0 aromatic heterocycles. The number of allylic oxidation sites excluding steroid dienone is 2. The van der Waals surface area contributed by atoms with Crippen LogP contribution in [0.25, 0.3) is 0 Å². The van der Waals surface area contributed by atoms with Crippen LogP contribution in [0.2, 0.25) is 0 Å². The van der Waals surface area contributed by atoms with Crippen molar-refractivity contribution in [3.63, 3.8) is 0 Å². The van der Waals surface area contributed by atoms with E-state index in [1.165, 1.54) is 6.92 Å². The van der Waals surface area contributed by atoms with Gasteiger partial charge in [-0.25, -0.2) is 4.79 Å². The number of carbonyl (C=O) groups is 2. The highest BCUT2D eigenvalue weighted by molar-refractivity contribution is 5.66. The SMILES string of the molecule is C/C=C(/C)OC(=O)OC(OC(C)=O)C(C)C. The summed E-state index contributed by atoms with van der Waals surface area (Å²) in [5.41, 5.74) is 0. The van der Waals surface area contributed by atoms with Gasteiger partial charge in [-0.1, -0.05) is 13.8 Å². The van der Waals surface area contributed by atoms with Gasteiger partial charge in [0.15, 0.2) is 0 Å². The fourth-order valence-electron chi connectivity index (χ4n) is 0.769. The molecule has 92 valence electrons. The molecule has 1 atom stereocenters. The third kappa shape index (κ3) is 6.06. The van der Waals surface area contributed by atoms with Crippen LogP contribution in [0.15, 0.2) is 11.8 Å². The Morgan fingerprint density at radius 2 is 1.69 bits per heavy atom. The minimum absolute atomic E-state index is 0.137. The number of hydrogen-bond acceptors (Lipinski definition) is 5. The highest BCUT2D eigenvalue weighted by atomic mass is 16.8. The molecule has 5 heteroatoms. The summed E-state index contributed by atoms with van der Waals surface area (Å²) in [6.07, 6.45) is -0.178.